The van der Waals surface area contributed by atoms with Crippen LogP contribution in [0.5, 0.6) is 5.88 Å². The van der Waals surface area contributed by atoms with E-state index in [-0.39, 0.29) is 29.0 Å². The number of rotatable bonds is 4. The maximum atomic E-state index is 13.1. The molecule has 2 aromatic carbocycles. The first-order chi connectivity index (χ1) is 13.9. The quantitative estimate of drug-likeness (QED) is 0.742. The Morgan fingerprint density at radius 3 is 2.45 bits per heavy atom. The van der Waals surface area contributed by atoms with Gasteiger partial charge in [0.05, 0.1) is 16.8 Å². The highest BCUT2D eigenvalue weighted by atomic mass is 16.3. The summed E-state index contributed by atoms with van der Waals surface area (Å²) in [4.78, 5) is 34.0. The molecule has 4 rings (SSSR count). The molecule has 1 aromatic heterocycles. The third kappa shape index (κ3) is 3.09. The van der Waals surface area contributed by atoms with Crippen LogP contribution in [0.3, 0.4) is 0 Å². The molecule has 0 fully saturated rings. The van der Waals surface area contributed by atoms with E-state index in [1.54, 1.807) is 48.3 Å². The van der Waals surface area contributed by atoms with Gasteiger partial charge in [0.15, 0.2) is 0 Å². The van der Waals surface area contributed by atoms with E-state index in [4.69, 9.17) is 0 Å². The average molecular weight is 390 g/mol. The highest BCUT2D eigenvalue weighted by Gasteiger charge is 2.33. The van der Waals surface area contributed by atoms with Gasteiger partial charge in [-0.1, -0.05) is 30.3 Å². The molecule has 1 amide bonds. The molecule has 0 aliphatic carbocycles. The molecule has 3 aromatic rings. The molecular weight excluding hydrogens is 368 g/mol. The number of nitrogens with zero attached hydrogens (tertiary/aromatic N) is 4. The summed E-state index contributed by atoms with van der Waals surface area (Å²) in [6, 6.07) is 13.8. The van der Waals surface area contributed by atoms with Gasteiger partial charge in [-0.2, -0.15) is 0 Å². The van der Waals surface area contributed by atoms with Crippen molar-refractivity contribution in [1.29, 1.82) is 0 Å². The summed E-state index contributed by atoms with van der Waals surface area (Å²) in [5.74, 6) is -0.528. The van der Waals surface area contributed by atoms with Crippen LogP contribution in [0.25, 0.3) is 10.9 Å². The number of benzene rings is 2. The van der Waals surface area contributed by atoms with Crippen LogP contribution in [0.2, 0.25) is 0 Å². The third-order valence-corrected chi connectivity index (χ3v) is 5.08. The van der Waals surface area contributed by atoms with Crippen LogP contribution >= 0.6 is 0 Å². The van der Waals surface area contributed by atoms with Crippen molar-refractivity contribution in [2.24, 2.45) is 4.99 Å². The van der Waals surface area contributed by atoms with Crippen molar-refractivity contribution in [2.75, 3.05) is 34.2 Å². The normalized spacial score (nSPS) is 13.1. The monoisotopic (exact) mass is 390 g/mol. The molecule has 7 heteroatoms. The zero-order valence-electron chi connectivity index (χ0n) is 16.6. The number of fused-ring (bicyclic) bond motifs is 2. The Bertz CT molecular complexity index is 1160. The van der Waals surface area contributed by atoms with Crippen LogP contribution in [-0.2, 0) is 0 Å². The first-order valence-corrected chi connectivity index (χ1v) is 9.35. The summed E-state index contributed by atoms with van der Waals surface area (Å²) in [5.41, 5.74) is 2.04. The van der Waals surface area contributed by atoms with Crippen molar-refractivity contribution < 1.29 is 14.7 Å². The van der Waals surface area contributed by atoms with E-state index in [9.17, 15) is 14.7 Å². The minimum atomic E-state index is -0.365. The van der Waals surface area contributed by atoms with Gasteiger partial charge in [0.1, 0.15) is 5.71 Å². The van der Waals surface area contributed by atoms with Gasteiger partial charge in [0.25, 0.3) is 0 Å². The van der Waals surface area contributed by atoms with Gasteiger partial charge < -0.3 is 14.9 Å². The lowest BCUT2D eigenvalue weighted by atomic mass is 10.0. The summed E-state index contributed by atoms with van der Waals surface area (Å²) >= 11 is 0. The molecule has 2 heterocycles. The van der Waals surface area contributed by atoms with Crippen LogP contribution in [0.1, 0.15) is 15.9 Å². The second-order valence-corrected chi connectivity index (χ2v) is 7.37. The van der Waals surface area contributed by atoms with E-state index < -0.39 is 0 Å². The van der Waals surface area contributed by atoms with Crippen LogP contribution in [0, 0.1) is 0 Å². The Labute approximate surface area is 168 Å². The zero-order chi connectivity index (χ0) is 20.7. The molecule has 29 heavy (non-hydrogen) atoms. The van der Waals surface area contributed by atoms with Crippen molar-refractivity contribution in [1.82, 2.24) is 14.4 Å². The molecule has 0 saturated heterocycles. The SMILES string of the molecule is CN(C)CCN(C)C(=O)n1c(O)c(C2=Nc3ccccc3C2=O)c2ccccc21. The number of hydrogen-bond donors (Lipinski definition) is 1. The summed E-state index contributed by atoms with van der Waals surface area (Å²) < 4.78 is 1.25. The number of hydrogen-bond acceptors (Lipinski definition) is 5. The summed E-state index contributed by atoms with van der Waals surface area (Å²) in [5, 5.41) is 11.6. The minimum Gasteiger partial charge on any atom is -0.494 e. The summed E-state index contributed by atoms with van der Waals surface area (Å²) in [6.07, 6.45) is 0. The first-order valence-electron chi connectivity index (χ1n) is 9.35. The minimum absolute atomic E-state index is 0.155. The van der Waals surface area contributed by atoms with Gasteiger partial charge >= 0.3 is 6.03 Å². The lowest BCUT2D eigenvalue weighted by Gasteiger charge is -2.20. The first kappa shape index (κ1) is 18.9. The smallest absolute Gasteiger partial charge is 0.331 e. The van der Waals surface area contributed by atoms with Crippen molar-refractivity contribution >= 4 is 34.1 Å². The van der Waals surface area contributed by atoms with Gasteiger partial charge in [0.2, 0.25) is 11.7 Å². The molecule has 0 saturated carbocycles. The van der Waals surface area contributed by atoms with Gasteiger partial charge in [-0.05, 0) is 32.3 Å². The standard InChI is InChI=1S/C22H22N4O3/c1-24(2)12-13-25(3)22(29)26-17-11-7-5-9-15(17)18(21(26)28)19-20(27)14-8-4-6-10-16(14)23-19/h4-11,28H,12-13H2,1-3H3. The molecule has 0 atom stereocenters. The fraction of sp³-hybridized carbons (Fsp3) is 0.227. The Balaban J connectivity index is 1.83. The van der Waals surface area contributed by atoms with E-state index in [1.807, 2.05) is 31.1 Å². The number of aliphatic imine (C=N–C) groups is 1. The molecule has 148 valence electrons. The molecule has 0 spiro atoms. The van der Waals surface area contributed by atoms with Crippen LogP contribution < -0.4 is 0 Å². The maximum absolute atomic E-state index is 13.1. The Morgan fingerprint density at radius 1 is 1.03 bits per heavy atom. The number of amides is 1. The second kappa shape index (κ2) is 7.18. The number of para-hydroxylation sites is 2. The van der Waals surface area contributed by atoms with Crippen molar-refractivity contribution in [3.63, 3.8) is 0 Å². The highest BCUT2D eigenvalue weighted by Crippen LogP contribution is 2.37. The Kier molecular flexibility index (Phi) is 4.68. The topological polar surface area (TPSA) is 78.1 Å². The van der Waals surface area contributed by atoms with Gasteiger partial charge in [-0.25, -0.2) is 14.4 Å². The summed E-state index contributed by atoms with van der Waals surface area (Å²) in [6.45, 7) is 1.19. The number of ketones is 1. The average Bonchev–Trinajstić information content (AvgIpc) is 3.19. The van der Waals surface area contributed by atoms with Gasteiger partial charge in [-0.3, -0.25) is 4.79 Å². The van der Waals surface area contributed by atoms with Crippen molar-refractivity contribution in [2.45, 2.75) is 0 Å². The fourth-order valence-corrected chi connectivity index (χ4v) is 3.50. The number of Topliss-reactive ketones (excluding diaryl/α,β-unsaturated/α-hetero) is 1. The van der Waals surface area contributed by atoms with E-state index in [1.165, 1.54) is 4.57 Å². The molecule has 1 N–H and O–H groups in total. The molecule has 1 aliphatic rings. The number of carbonyl (C=O) groups is 2. The molecule has 0 radical (unpaired) electrons. The van der Waals surface area contributed by atoms with Gasteiger partial charge in [-0.15, -0.1) is 0 Å². The van der Waals surface area contributed by atoms with E-state index in [0.29, 0.717) is 35.2 Å². The van der Waals surface area contributed by atoms with Crippen molar-refractivity contribution in [3.8, 4) is 5.88 Å². The lowest BCUT2D eigenvalue weighted by Crippen LogP contribution is -2.36. The van der Waals surface area contributed by atoms with E-state index in [0.717, 1.165) is 0 Å². The zero-order valence-corrected chi connectivity index (χ0v) is 16.6. The Morgan fingerprint density at radius 2 is 1.72 bits per heavy atom. The van der Waals surface area contributed by atoms with Crippen LogP contribution in [0.15, 0.2) is 53.5 Å². The van der Waals surface area contributed by atoms with Crippen molar-refractivity contribution in [3.05, 3.63) is 59.7 Å². The predicted octanol–water partition coefficient (Wildman–Crippen LogP) is 3.13. The van der Waals surface area contributed by atoms with E-state index >= 15 is 0 Å². The highest BCUT2D eigenvalue weighted by molar-refractivity contribution is 6.56. The largest absolute Gasteiger partial charge is 0.494 e. The van der Waals surface area contributed by atoms with Crippen LogP contribution in [0.4, 0.5) is 10.5 Å². The molecule has 7 nitrogen and oxygen atoms in total. The molecule has 1 aliphatic heterocycles. The predicted molar refractivity (Wildman–Crippen MR) is 113 cm³/mol. The Hall–Kier alpha value is -3.45. The molecular formula is C22H22N4O3. The summed E-state index contributed by atoms with van der Waals surface area (Å²) in [7, 11) is 5.55. The molecule has 0 bridgehead atoms. The van der Waals surface area contributed by atoms with Crippen LogP contribution in [-0.4, -0.2) is 71.2 Å². The molecule has 0 unspecified atom stereocenters. The lowest BCUT2D eigenvalue weighted by molar-refractivity contribution is 0.107. The number of carbonyl (C=O) groups excluding carboxylic acids is 2. The maximum Gasteiger partial charge on any atom is 0.331 e. The fourth-order valence-electron chi connectivity index (χ4n) is 3.50. The third-order valence-electron chi connectivity index (χ3n) is 5.08. The second-order valence-electron chi connectivity index (χ2n) is 7.37. The van der Waals surface area contributed by atoms with Gasteiger partial charge in [0, 0.05) is 31.1 Å². The number of aromatic hydroxyl groups is 1. The number of likely N-dealkylation sites (N-methyl/N-ethyl adjacent to an activating group) is 2. The number of aromatic nitrogens is 1. The van der Waals surface area contributed by atoms with E-state index in [2.05, 4.69) is 4.99 Å².